The monoisotopic (exact) mass is 336 g/mol. The maximum atomic E-state index is 11.1. The van der Waals surface area contributed by atoms with Crippen molar-refractivity contribution in [2.24, 2.45) is 0 Å². The molecule has 1 rings (SSSR count). The highest BCUT2D eigenvalue weighted by Gasteiger charge is 2.17. The van der Waals surface area contributed by atoms with Crippen LogP contribution in [0.25, 0.3) is 0 Å². The predicted molar refractivity (Wildman–Crippen MR) is 68.5 cm³/mol. The Hall–Kier alpha value is -0.980. The van der Waals surface area contributed by atoms with E-state index in [2.05, 4.69) is 22.6 Å². The molecule has 0 radical (unpaired) electrons. The van der Waals surface area contributed by atoms with Gasteiger partial charge in [-0.2, -0.15) is 0 Å². The van der Waals surface area contributed by atoms with Crippen molar-refractivity contribution >= 4 is 28.6 Å². The van der Waals surface area contributed by atoms with E-state index in [1.54, 1.807) is 19.1 Å². The highest BCUT2D eigenvalue weighted by Crippen LogP contribution is 2.33. The molecule has 0 heterocycles. The van der Waals surface area contributed by atoms with Crippen molar-refractivity contribution in [1.29, 1.82) is 0 Å². The van der Waals surface area contributed by atoms with E-state index >= 15 is 0 Å². The first-order valence-corrected chi connectivity index (χ1v) is 6.00. The van der Waals surface area contributed by atoms with Gasteiger partial charge in [-0.05, 0) is 48.6 Å². The Bertz CT molecular complexity index is 390. The van der Waals surface area contributed by atoms with Gasteiger partial charge in [0.05, 0.1) is 13.2 Å². The van der Waals surface area contributed by atoms with Crippen LogP contribution >= 0.6 is 22.6 Å². The third-order valence-corrected chi connectivity index (χ3v) is 2.46. The Labute approximate surface area is 108 Å². The highest BCUT2D eigenvalue weighted by atomic mass is 127. The molecular weight excluding hydrogens is 323 g/mol. The number of carboxylic acid groups (broad SMARTS) is 1. The van der Waals surface area contributed by atoms with Crippen LogP contribution in [-0.2, 0) is 0 Å². The molecule has 4 nitrogen and oxygen atoms in total. The zero-order chi connectivity index (χ0) is 12.1. The summed E-state index contributed by atoms with van der Waals surface area (Å²) >= 11 is 2.05. The van der Waals surface area contributed by atoms with E-state index < -0.39 is 5.97 Å². The van der Waals surface area contributed by atoms with Crippen LogP contribution in [-0.4, -0.2) is 24.3 Å². The SMILES string of the molecule is CCOc1cc(I)cc(C(=O)O)c1OCC. The van der Waals surface area contributed by atoms with Crippen molar-refractivity contribution in [2.75, 3.05) is 13.2 Å². The van der Waals surface area contributed by atoms with E-state index in [1.165, 1.54) is 0 Å². The summed E-state index contributed by atoms with van der Waals surface area (Å²) in [4.78, 5) is 11.1. The van der Waals surface area contributed by atoms with Crippen LogP contribution in [0.3, 0.4) is 0 Å². The average molecular weight is 336 g/mol. The Morgan fingerprint density at radius 3 is 2.44 bits per heavy atom. The lowest BCUT2D eigenvalue weighted by atomic mass is 10.2. The van der Waals surface area contributed by atoms with Gasteiger partial charge >= 0.3 is 5.97 Å². The first kappa shape index (κ1) is 13.1. The molecule has 88 valence electrons. The summed E-state index contributed by atoms with van der Waals surface area (Å²) in [5.74, 6) is -0.228. The van der Waals surface area contributed by atoms with Crippen LogP contribution in [0.2, 0.25) is 0 Å². The fourth-order valence-electron chi connectivity index (χ4n) is 1.28. The molecule has 0 aliphatic rings. The maximum absolute atomic E-state index is 11.1. The molecule has 0 fully saturated rings. The lowest BCUT2D eigenvalue weighted by molar-refractivity contribution is 0.0691. The fourth-order valence-corrected chi connectivity index (χ4v) is 1.88. The molecule has 0 spiro atoms. The van der Waals surface area contributed by atoms with Crippen molar-refractivity contribution in [3.63, 3.8) is 0 Å². The minimum absolute atomic E-state index is 0.136. The van der Waals surface area contributed by atoms with Gasteiger partial charge < -0.3 is 14.6 Å². The Morgan fingerprint density at radius 1 is 1.31 bits per heavy atom. The normalized spacial score (nSPS) is 9.94. The van der Waals surface area contributed by atoms with Crippen LogP contribution in [0, 0.1) is 3.57 Å². The number of benzene rings is 1. The van der Waals surface area contributed by atoms with Gasteiger partial charge in [0.2, 0.25) is 0 Å². The van der Waals surface area contributed by atoms with Gasteiger partial charge in [-0.3, -0.25) is 0 Å². The van der Waals surface area contributed by atoms with Gasteiger partial charge in [0, 0.05) is 3.57 Å². The third kappa shape index (κ3) is 3.01. The van der Waals surface area contributed by atoms with Crippen LogP contribution in [0.1, 0.15) is 24.2 Å². The number of rotatable bonds is 5. The summed E-state index contributed by atoms with van der Waals surface area (Å²) in [6, 6.07) is 3.33. The summed E-state index contributed by atoms with van der Waals surface area (Å²) in [5.41, 5.74) is 0.136. The molecule has 0 atom stereocenters. The molecule has 0 saturated heterocycles. The standard InChI is InChI=1S/C11H13IO4/c1-3-15-9-6-7(12)5-8(11(13)14)10(9)16-4-2/h5-6H,3-4H2,1-2H3,(H,13,14). The number of hydrogen-bond donors (Lipinski definition) is 1. The van der Waals surface area contributed by atoms with Crippen LogP contribution in [0.15, 0.2) is 12.1 Å². The molecular formula is C11H13IO4. The van der Waals surface area contributed by atoms with Gasteiger partial charge in [0.1, 0.15) is 5.56 Å². The summed E-state index contributed by atoms with van der Waals surface area (Å²) in [7, 11) is 0. The summed E-state index contributed by atoms with van der Waals surface area (Å²) < 4.78 is 11.5. The lowest BCUT2D eigenvalue weighted by Crippen LogP contribution is -2.06. The number of ether oxygens (including phenoxy) is 2. The number of carbonyl (C=O) groups is 1. The minimum atomic E-state index is -1.01. The molecule has 5 heteroatoms. The number of hydrogen-bond acceptors (Lipinski definition) is 3. The van der Waals surface area contributed by atoms with Crippen molar-refractivity contribution in [2.45, 2.75) is 13.8 Å². The highest BCUT2D eigenvalue weighted by molar-refractivity contribution is 14.1. The van der Waals surface area contributed by atoms with Crippen LogP contribution in [0.5, 0.6) is 11.5 Å². The largest absolute Gasteiger partial charge is 0.490 e. The molecule has 1 N–H and O–H groups in total. The molecule has 0 unspecified atom stereocenters. The lowest BCUT2D eigenvalue weighted by Gasteiger charge is -2.13. The predicted octanol–water partition coefficient (Wildman–Crippen LogP) is 2.79. The van der Waals surface area contributed by atoms with Crippen molar-refractivity contribution < 1.29 is 19.4 Å². The van der Waals surface area contributed by atoms with Crippen LogP contribution in [0.4, 0.5) is 0 Å². The fraction of sp³-hybridized carbons (Fsp3) is 0.364. The second-order valence-corrected chi connectivity index (χ2v) is 4.20. The Kier molecular flexibility index (Phi) is 4.85. The van der Waals surface area contributed by atoms with Gasteiger partial charge in [0.15, 0.2) is 11.5 Å². The van der Waals surface area contributed by atoms with Gasteiger partial charge in [-0.15, -0.1) is 0 Å². The molecule has 0 aliphatic heterocycles. The molecule has 1 aromatic carbocycles. The quantitative estimate of drug-likeness (QED) is 0.840. The maximum Gasteiger partial charge on any atom is 0.339 e. The number of aromatic carboxylic acids is 1. The molecule has 0 aliphatic carbocycles. The van der Waals surface area contributed by atoms with E-state index in [4.69, 9.17) is 14.6 Å². The minimum Gasteiger partial charge on any atom is -0.490 e. The summed E-state index contributed by atoms with van der Waals surface area (Å²) in [6.45, 7) is 4.52. The third-order valence-electron chi connectivity index (χ3n) is 1.84. The second-order valence-electron chi connectivity index (χ2n) is 2.95. The topological polar surface area (TPSA) is 55.8 Å². The van der Waals surface area contributed by atoms with E-state index in [0.717, 1.165) is 3.57 Å². The second kappa shape index (κ2) is 5.93. The zero-order valence-corrected chi connectivity index (χ0v) is 11.3. The number of halogens is 1. The van der Waals surface area contributed by atoms with Gasteiger partial charge in [-0.25, -0.2) is 4.79 Å². The van der Waals surface area contributed by atoms with E-state index in [1.807, 2.05) is 6.92 Å². The van der Waals surface area contributed by atoms with Gasteiger partial charge in [-0.1, -0.05) is 0 Å². The molecule has 0 saturated carbocycles. The summed E-state index contributed by atoms with van der Waals surface area (Å²) in [6.07, 6.45) is 0. The smallest absolute Gasteiger partial charge is 0.339 e. The Balaban J connectivity index is 3.28. The first-order chi connectivity index (χ1) is 7.60. The Morgan fingerprint density at radius 2 is 1.94 bits per heavy atom. The zero-order valence-electron chi connectivity index (χ0n) is 9.12. The molecule has 16 heavy (non-hydrogen) atoms. The van der Waals surface area contributed by atoms with Gasteiger partial charge in [0.25, 0.3) is 0 Å². The van der Waals surface area contributed by atoms with Crippen molar-refractivity contribution in [3.05, 3.63) is 21.3 Å². The van der Waals surface area contributed by atoms with Crippen molar-refractivity contribution in [1.82, 2.24) is 0 Å². The molecule has 0 bridgehead atoms. The average Bonchev–Trinajstić information content (AvgIpc) is 2.21. The van der Waals surface area contributed by atoms with E-state index in [0.29, 0.717) is 24.7 Å². The first-order valence-electron chi connectivity index (χ1n) is 4.92. The molecule has 1 aromatic rings. The van der Waals surface area contributed by atoms with Crippen molar-refractivity contribution in [3.8, 4) is 11.5 Å². The number of carboxylic acids is 1. The molecule has 0 aromatic heterocycles. The summed E-state index contributed by atoms with van der Waals surface area (Å²) in [5, 5.41) is 9.07. The molecule has 0 amide bonds. The van der Waals surface area contributed by atoms with E-state index in [-0.39, 0.29) is 5.56 Å². The van der Waals surface area contributed by atoms with Crippen LogP contribution < -0.4 is 9.47 Å². The van der Waals surface area contributed by atoms with E-state index in [9.17, 15) is 4.79 Å².